The van der Waals surface area contributed by atoms with Crippen LogP contribution in [0.25, 0.3) is 6.08 Å². The second kappa shape index (κ2) is 11.9. The zero-order valence-corrected chi connectivity index (χ0v) is 21.8. The molecule has 1 aliphatic rings. The van der Waals surface area contributed by atoms with Crippen LogP contribution in [0.15, 0.2) is 45.8 Å². The van der Waals surface area contributed by atoms with Crippen LogP contribution < -0.4 is 9.47 Å². The van der Waals surface area contributed by atoms with Crippen molar-refractivity contribution in [3.05, 3.63) is 62.5 Å². The van der Waals surface area contributed by atoms with Gasteiger partial charge in [0, 0.05) is 0 Å². The average molecular weight is 559 g/mol. The van der Waals surface area contributed by atoms with E-state index in [0.717, 1.165) is 22.2 Å². The van der Waals surface area contributed by atoms with Crippen molar-refractivity contribution in [2.24, 2.45) is 0 Å². The number of nitriles is 1. The minimum Gasteiger partial charge on any atom is -0.493 e. The van der Waals surface area contributed by atoms with Crippen LogP contribution >= 0.6 is 27.7 Å². The third-order valence-electron chi connectivity index (χ3n) is 5.08. The van der Waals surface area contributed by atoms with Crippen LogP contribution in [-0.4, -0.2) is 41.8 Å². The zero-order valence-electron chi connectivity index (χ0n) is 19.4. The quantitative estimate of drug-likeness (QED) is 0.302. The number of thioether (sulfide) groups is 1. The van der Waals surface area contributed by atoms with Gasteiger partial charge in [-0.1, -0.05) is 19.1 Å². The lowest BCUT2D eigenvalue weighted by molar-refractivity contribution is -0.150. The number of imide groups is 1. The first-order valence-corrected chi connectivity index (χ1v) is 12.3. The van der Waals surface area contributed by atoms with Gasteiger partial charge in [0.1, 0.15) is 13.2 Å². The molecule has 0 spiro atoms. The molecule has 0 radical (unpaired) electrons. The standard InChI is InChI=1S/C25H23BrN2O6S/c1-4-15(2)34-22(29)13-28-24(30)21(35-25(28)31)11-18-9-19(26)23(20(10-18)32-3)33-14-17-7-5-16(12-27)6-8-17/h5-11,15H,4,13-14H2,1-3H3/b21-11+/t15-/m0/s1. The molecule has 2 aromatic carbocycles. The van der Waals surface area contributed by atoms with Crippen molar-refractivity contribution in [1.29, 1.82) is 5.26 Å². The Labute approximate surface area is 216 Å². The summed E-state index contributed by atoms with van der Waals surface area (Å²) in [7, 11) is 1.50. The molecule has 10 heteroatoms. The van der Waals surface area contributed by atoms with Crippen LogP contribution in [0.5, 0.6) is 11.5 Å². The maximum atomic E-state index is 12.7. The van der Waals surface area contributed by atoms with Crippen LogP contribution in [-0.2, 0) is 20.9 Å². The molecule has 1 saturated heterocycles. The molecule has 8 nitrogen and oxygen atoms in total. The van der Waals surface area contributed by atoms with E-state index in [1.54, 1.807) is 37.3 Å². The maximum absolute atomic E-state index is 12.7. The summed E-state index contributed by atoms with van der Waals surface area (Å²) in [5, 5.41) is 8.39. The number of halogens is 1. The molecule has 182 valence electrons. The second-order valence-electron chi connectivity index (χ2n) is 7.61. The minimum absolute atomic E-state index is 0.187. The van der Waals surface area contributed by atoms with Crippen LogP contribution in [0.2, 0.25) is 0 Å². The van der Waals surface area contributed by atoms with E-state index in [4.69, 9.17) is 19.5 Å². The predicted molar refractivity (Wildman–Crippen MR) is 135 cm³/mol. The van der Waals surface area contributed by atoms with Gasteiger partial charge in [0.05, 0.1) is 34.2 Å². The fraction of sp³-hybridized carbons (Fsp3) is 0.280. The number of carbonyl (C=O) groups excluding carboxylic acids is 3. The highest BCUT2D eigenvalue weighted by Crippen LogP contribution is 2.39. The van der Waals surface area contributed by atoms with Gasteiger partial charge in [0.2, 0.25) is 0 Å². The summed E-state index contributed by atoms with van der Waals surface area (Å²) in [6.45, 7) is 3.44. The van der Waals surface area contributed by atoms with E-state index in [-0.39, 0.29) is 17.6 Å². The SMILES string of the molecule is CC[C@H](C)OC(=O)CN1C(=O)S/C(=C/c2cc(Br)c(OCc3ccc(C#N)cc3)c(OC)c2)C1=O. The molecule has 0 aliphatic carbocycles. The zero-order chi connectivity index (χ0) is 25.5. The summed E-state index contributed by atoms with van der Waals surface area (Å²) in [5.41, 5.74) is 2.04. The minimum atomic E-state index is -0.629. The van der Waals surface area contributed by atoms with Crippen molar-refractivity contribution in [2.45, 2.75) is 33.0 Å². The Kier molecular flexibility index (Phi) is 8.95. The molecule has 2 aromatic rings. The summed E-state index contributed by atoms with van der Waals surface area (Å²) in [6, 6.07) is 12.5. The second-order valence-corrected chi connectivity index (χ2v) is 9.46. The summed E-state index contributed by atoms with van der Waals surface area (Å²) >= 11 is 4.24. The average Bonchev–Trinajstić information content (AvgIpc) is 3.10. The molecule has 0 unspecified atom stereocenters. The number of rotatable bonds is 9. The molecule has 1 fully saturated rings. The number of ether oxygens (including phenoxy) is 3. The molecule has 0 aromatic heterocycles. The first-order chi connectivity index (χ1) is 16.7. The Hall–Kier alpha value is -3.29. The highest BCUT2D eigenvalue weighted by Gasteiger charge is 2.37. The number of benzene rings is 2. The highest BCUT2D eigenvalue weighted by atomic mass is 79.9. The van der Waals surface area contributed by atoms with Gasteiger partial charge in [0.15, 0.2) is 11.5 Å². The van der Waals surface area contributed by atoms with E-state index >= 15 is 0 Å². The van der Waals surface area contributed by atoms with Gasteiger partial charge < -0.3 is 14.2 Å². The summed E-state index contributed by atoms with van der Waals surface area (Å²) in [5.74, 6) is -0.293. The first-order valence-electron chi connectivity index (χ1n) is 10.7. The fourth-order valence-electron chi connectivity index (χ4n) is 3.06. The maximum Gasteiger partial charge on any atom is 0.326 e. The van der Waals surface area contributed by atoms with E-state index < -0.39 is 23.7 Å². The fourth-order valence-corrected chi connectivity index (χ4v) is 4.47. The number of amides is 2. The smallest absolute Gasteiger partial charge is 0.326 e. The van der Waals surface area contributed by atoms with E-state index in [1.807, 2.05) is 19.1 Å². The number of esters is 1. The van der Waals surface area contributed by atoms with Gasteiger partial charge in [-0.2, -0.15) is 5.26 Å². The van der Waals surface area contributed by atoms with Crippen molar-refractivity contribution < 1.29 is 28.6 Å². The molecule has 1 aliphatic heterocycles. The van der Waals surface area contributed by atoms with Gasteiger partial charge in [-0.25, -0.2) is 0 Å². The van der Waals surface area contributed by atoms with E-state index in [9.17, 15) is 14.4 Å². The van der Waals surface area contributed by atoms with Gasteiger partial charge in [-0.05, 0) is 82.5 Å². The normalized spacial score (nSPS) is 15.2. The Bertz CT molecular complexity index is 1210. The molecule has 0 saturated carbocycles. The van der Waals surface area contributed by atoms with Gasteiger partial charge in [0.25, 0.3) is 11.1 Å². The van der Waals surface area contributed by atoms with Crippen molar-refractivity contribution in [3.63, 3.8) is 0 Å². The van der Waals surface area contributed by atoms with E-state index in [1.165, 1.54) is 7.11 Å². The van der Waals surface area contributed by atoms with Gasteiger partial charge in [-0.15, -0.1) is 0 Å². The molecule has 2 amide bonds. The topological polar surface area (TPSA) is 106 Å². The van der Waals surface area contributed by atoms with Gasteiger partial charge in [-0.3, -0.25) is 19.3 Å². The number of carbonyl (C=O) groups is 3. The molecular formula is C25H23BrN2O6S. The van der Waals surface area contributed by atoms with Crippen molar-refractivity contribution in [1.82, 2.24) is 4.90 Å². The lowest BCUT2D eigenvalue weighted by atomic mass is 10.1. The van der Waals surface area contributed by atoms with Gasteiger partial charge >= 0.3 is 5.97 Å². The van der Waals surface area contributed by atoms with E-state index in [0.29, 0.717) is 33.5 Å². The number of hydrogen-bond donors (Lipinski definition) is 0. The monoisotopic (exact) mass is 558 g/mol. The Morgan fingerprint density at radius 3 is 2.60 bits per heavy atom. The Morgan fingerprint density at radius 1 is 1.26 bits per heavy atom. The Balaban J connectivity index is 1.75. The largest absolute Gasteiger partial charge is 0.493 e. The summed E-state index contributed by atoms with van der Waals surface area (Å²) in [6.07, 6.45) is 1.90. The van der Waals surface area contributed by atoms with Crippen LogP contribution in [0, 0.1) is 11.3 Å². The lowest BCUT2D eigenvalue weighted by Gasteiger charge is -2.15. The van der Waals surface area contributed by atoms with Crippen molar-refractivity contribution in [3.8, 4) is 17.6 Å². The highest BCUT2D eigenvalue weighted by molar-refractivity contribution is 9.10. The summed E-state index contributed by atoms with van der Waals surface area (Å²) in [4.78, 5) is 38.2. The summed E-state index contributed by atoms with van der Waals surface area (Å²) < 4.78 is 17.2. The molecular weight excluding hydrogens is 536 g/mol. The van der Waals surface area contributed by atoms with Crippen molar-refractivity contribution >= 4 is 50.9 Å². The number of nitrogens with zero attached hydrogens (tertiary/aromatic N) is 2. The van der Waals surface area contributed by atoms with Crippen molar-refractivity contribution in [2.75, 3.05) is 13.7 Å². The van der Waals surface area contributed by atoms with Crippen LogP contribution in [0.1, 0.15) is 37.0 Å². The van der Waals surface area contributed by atoms with Crippen LogP contribution in [0.4, 0.5) is 4.79 Å². The molecule has 35 heavy (non-hydrogen) atoms. The molecule has 1 atom stereocenters. The third kappa shape index (κ3) is 6.65. The number of hydrogen-bond acceptors (Lipinski definition) is 8. The molecule has 0 bridgehead atoms. The molecule has 3 rings (SSSR count). The van der Waals surface area contributed by atoms with Crippen LogP contribution in [0.3, 0.4) is 0 Å². The lowest BCUT2D eigenvalue weighted by Crippen LogP contribution is -2.35. The Morgan fingerprint density at radius 2 is 1.97 bits per heavy atom. The third-order valence-corrected chi connectivity index (χ3v) is 6.58. The number of methoxy groups -OCH3 is 1. The first kappa shape index (κ1) is 26.3. The molecule has 1 heterocycles. The predicted octanol–water partition coefficient (Wildman–Crippen LogP) is 5.29. The van der Waals surface area contributed by atoms with E-state index in [2.05, 4.69) is 22.0 Å². The molecule has 0 N–H and O–H groups in total.